The van der Waals surface area contributed by atoms with Crippen LogP contribution >= 0.6 is 11.6 Å². The van der Waals surface area contributed by atoms with Crippen molar-refractivity contribution in [1.82, 2.24) is 0 Å². The first-order chi connectivity index (χ1) is 13.7. The Morgan fingerprint density at radius 2 is 1.50 bits per heavy atom. The van der Waals surface area contributed by atoms with Crippen molar-refractivity contribution in [2.45, 2.75) is 13.0 Å². The van der Waals surface area contributed by atoms with Gasteiger partial charge in [-0.05, 0) is 22.8 Å². The van der Waals surface area contributed by atoms with Crippen molar-refractivity contribution in [1.29, 1.82) is 0 Å². The van der Waals surface area contributed by atoms with Crippen molar-refractivity contribution in [3.05, 3.63) is 90.0 Å². The molecule has 0 aliphatic carbocycles. The highest BCUT2D eigenvalue weighted by Crippen LogP contribution is 2.28. The number of esters is 1. The number of amides is 1. The first-order valence-electron chi connectivity index (χ1n) is 8.89. The van der Waals surface area contributed by atoms with Crippen LogP contribution in [-0.2, 0) is 27.4 Å². The second-order valence-corrected chi connectivity index (χ2v) is 6.51. The molecular formula is C23H20ClNO3. The number of hydrogen-bond donors (Lipinski definition) is 1. The predicted octanol–water partition coefficient (Wildman–Crippen LogP) is 4.82. The van der Waals surface area contributed by atoms with Gasteiger partial charge in [-0.3, -0.25) is 9.59 Å². The Hall–Kier alpha value is -3.11. The van der Waals surface area contributed by atoms with E-state index in [-0.39, 0.29) is 30.8 Å². The number of anilines is 1. The lowest BCUT2D eigenvalue weighted by Crippen LogP contribution is -2.13. The van der Waals surface area contributed by atoms with Crippen LogP contribution in [0.3, 0.4) is 0 Å². The number of rotatable bonds is 7. The summed E-state index contributed by atoms with van der Waals surface area (Å²) in [6.45, 7) is 0.269. The van der Waals surface area contributed by atoms with Crippen molar-refractivity contribution in [2.24, 2.45) is 0 Å². The highest BCUT2D eigenvalue weighted by atomic mass is 35.5. The monoisotopic (exact) mass is 393 g/mol. The number of nitrogens with one attached hydrogen (secondary N) is 1. The zero-order valence-electron chi connectivity index (χ0n) is 15.2. The van der Waals surface area contributed by atoms with Gasteiger partial charge in [0.25, 0.3) is 0 Å². The number of benzene rings is 3. The van der Waals surface area contributed by atoms with Crippen LogP contribution in [0, 0.1) is 0 Å². The minimum atomic E-state index is -0.272. The number of carbonyl (C=O) groups is 2. The third kappa shape index (κ3) is 5.44. The van der Waals surface area contributed by atoms with Crippen molar-refractivity contribution < 1.29 is 14.3 Å². The standard InChI is InChI=1S/C23H20ClNO3/c24-15-22(26)25-21-9-5-4-8-20(21)19-12-10-17(11-13-19)14-23(27)28-16-18-6-2-1-3-7-18/h1-13H,14-16H2,(H,25,26). The smallest absolute Gasteiger partial charge is 0.310 e. The summed E-state index contributed by atoms with van der Waals surface area (Å²) in [6.07, 6.45) is 0.206. The van der Waals surface area contributed by atoms with Gasteiger partial charge in [0, 0.05) is 11.3 Å². The molecule has 4 nitrogen and oxygen atoms in total. The van der Waals surface area contributed by atoms with Crippen LogP contribution in [0.25, 0.3) is 11.1 Å². The number of ether oxygens (including phenoxy) is 1. The lowest BCUT2D eigenvalue weighted by Gasteiger charge is -2.11. The summed E-state index contributed by atoms with van der Waals surface area (Å²) in [5.74, 6) is -0.628. The zero-order chi connectivity index (χ0) is 19.8. The van der Waals surface area contributed by atoms with Gasteiger partial charge in [0.15, 0.2) is 0 Å². The molecule has 0 bridgehead atoms. The van der Waals surface area contributed by atoms with Gasteiger partial charge >= 0.3 is 5.97 Å². The van der Waals surface area contributed by atoms with Crippen molar-refractivity contribution in [3.63, 3.8) is 0 Å². The van der Waals surface area contributed by atoms with Crippen LogP contribution in [0.2, 0.25) is 0 Å². The van der Waals surface area contributed by atoms with E-state index in [0.717, 1.165) is 22.3 Å². The van der Waals surface area contributed by atoms with Gasteiger partial charge in [-0.1, -0.05) is 72.8 Å². The molecule has 0 aromatic heterocycles. The van der Waals surface area contributed by atoms with Crippen molar-refractivity contribution >= 4 is 29.2 Å². The highest BCUT2D eigenvalue weighted by Gasteiger charge is 2.09. The Morgan fingerprint density at radius 3 is 2.21 bits per heavy atom. The van der Waals surface area contributed by atoms with E-state index in [0.29, 0.717) is 5.69 Å². The summed E-state index contributed by atoms with van der Waals surface area (Å²) in [5.41, 5.74) is 4.35. The highest BCUT2D eigenvalue weighted by molar-refractivity contribution is 6.29. The van der Waals surface area contributed by atoms with E-state index in [1.807, 2.05) is 78.9 Å². The average molecular weight is 394 g/mol. The molecule has 142 valence electrons. The average Bonchev–Trinajstić information content (AvgIpc) is 2.74. The second-order valence-electron chi connectivity index (χ2n) is 6.25. The first-order valence-corrected chi connectivity index (χ1v) is 9.43. The molecule has 0 heterocycles. The van der Waals surface area contributed by atoms with E-state index in [1.54, 1.807) is 0 Å². The SMILES string of the molecule is O=C(CCl)Nc1ccccc1-c1ccc(CC(=O)OCc2ccccc2)cc1. The number of carbonyl (C=O) groups excluding carboxylic acids is 2. The van der Waals surface area contributed by atoms with Crippen LogP contribution in [0.15, 0.2) is 78.9 Å². The molecule has 5 heteroatoms. The molecule has 0 atom stereocenters. The maximum atomic E-state index is 12.1. The third-order valence-electron chi connectivity index (χ3n) is 4.18. The second kappa shape index (κ2) is 9.72. The maximum absolute atomic E-state index is 12.1. The minimum Gasteiger partial charge on any atom is -0.461 e. The van der Waals surface area contributed by atoms with Crippen LogP contribution in [0.5, 0.6) is 0 Å². The van der Waals surface area contributed by atoms with Gasteiger partial charge in [0.2, 0.25) is 5.91 Å². The van der Waals surface area contributed by atoms with Gasteiger partial charge in [-0.2, -0.15) is 0 Å². The summed E-state index contributed by atoms with van der Waals surface area (Å²) in [4.78, 5) is 23.7. The summed E-state index contributed by atoms with van der Waals surface area (Å²) in [6, 6.07) is 24.7. The number of halogens is 1. The molecule has 0 unspecified atom stereocenters. The molecule has 0 saturated carbocycles. The lowest BCUT2D eigenvalue weighted by molar-refractivity contribution is -0.144. The van der Waals surface area contributed by atoms with Crippen LogP contribution in [-0.4, -0.2) is 17.8 Å². The molecule has 1 N–H and O–H groups in total. The van der Waals surface area contributed by atoms with Gasteiger partial charge in [-0.25, -0.2) is 0 Å². The summed E-state index contributed by atoms with van der Waals surface area (Å²) in [5, 5.41) is 2.79. The van der Waals surface area contributed by atoms with Gasteiger partial charge in [0.1, 0.15) is 12.5 Å². The molecule has 3 aromatic rings. The number of hydrogen-bond acceptors (Lipinski definition) is 3. The first kappa shape index (κ1) is 19.6. The van der Waals surface area contributed by atoms with Crippen molar-refractivity contribution in [2.75, 3.05) is 11.2 Å². The predicted molar refractivity (Wildman–Crippen MR) is 111 cm³/mol. The summed E-state index contributed by atoms with van der Waals surface area (Å²) in [7, 11) is 0. The van der Waals surface area contributed by atoms with Crippen LogP contribution in [0.1, 0.15) is 11.1 Å². The zero-order valence-corrected chi connectivity index (χ0v) is 16.0. The minimum absolute atomic E-state index is 0.0988. The Bertz CT molecular complexity index is 940. The summed E-state index contributed by atoms with van der Waals surface area (Å²) >= 11 is 5.58. The molecule has 0 fully saturated rings. The Morgan fingerprint density at radius 1 is 0.821 bits per heavy atom. The van der Waals surface area contributed by atoms with E-state index in [2.05, 4.69) is 5.32 Å². The normalized spacial score (nSPS) is 10.3. The quantitative estimate of drug-likeness (QED) is 0.462. The maximum Gasteiger partial charge on any atom is 0.310 e. The van der Waals surface area contributed by atoms with Gasteiger partial charge in [0.05, 0.1) is 6.42 Å². The van der Waals surface area contributed by atoms with E-state index >= 15 is 0 Å². The molecule has 0 saturated heterocycles. The third-order valence-corrected chi connectivity index (χ3v) is 4.42. The molecular weight excluding hydrogens is 374 g/mol. The Kier molecular flexibility index (Phi) is 6.82. The molecule has 3 aromatic carbocycles. The van der Waals surface area contributed by atoms with Crippen LogP contribution in [0.4, 0.5) is 5.69 Å². The Balaban J connectivity index is 1.64. The fourth-order valence-electron chi connectivity index (χ4n) is 2.79. The van der Waals surface area contributed by atoms with Gasteiger partial charge in [-0.15, -0.1) is 11.6 Å². The lowest BCUT2D eigenvalue weighted by atomic mass is 10.0. The molecule has 3 rings (SSSR count). The molecule has 28 heavy (non-hydrogen) atoms. The number of para-hydroxylation sites is 1. The van der Waals surface area contributed by atoms with E-state index in [1.165, 1.54) is 0 Å². The van der Waals surface area contributed by atoms with Crippen LogP contribution < -0.4 is 5.32 Å². The van der Waals surface area contributed by atoms with Gasteiger partial charge < -0.3 is 10.1 Å². The fourth-order valence-corrected chi connectivity index (χ4v) is 2.85. The summed E-state index contributed by atoms with van der Waals surface area (Å²) < 4.78 is 5.32. The molecule has 0 spiro atoms. The largest absolute Gasteiger partial charge is 0.461 e. The van der Waals surface area contributed by atoms with E-state index < -0.39 is 0 Å². The topological polar surface area (TPSA) is 55.4 Å². The Labute approximate surface area is 169 Å². The molecule has 1 amide bonds. The molecule has 0 aliphatic heterocycles. The molecule has 0 aliphatic rings. The number of alkyl halides is 1. The van der Waals surface area contributed by atoms with E-state index in [9.17, 15) is 9.59 Å². The molecule has 0 radical (unpaired) electrons. The van der Waals surface area contributed by atoms with Crippen molar-refractivity contribution in [3.8, 4) is 11.1 Å². The fraction of sp³-hybridized carbons (Fsp3) is 0.130. The van der Waals surface area contributed by atoms with E-state index in [4.69, 9.17) is 16.3 Å².